The molecule has 4 atom stereocenters. The Kier molecular flexibility index (Phi) is 4.18. The van der Waals surface area contributed by atoms with E-state index in [1.807, 2.05) is 0 Å². The molecule has 2 N–H and O–H groups in total. The second-order valence-electron chi connectivity index (χ2n) is 6.19. The minimum absolute atomic E-state index is 0.0103. The normalized spacial score (nSPS) is 30.6. The summed E-state index contributed by atoms with van der Waals surface area (Å²) in [5.41, 5.74) is 0.721. The van der Waals surface area contributed by atoms with Gasteiger partial charge in [0.2, 0.25) is 5.28 Å². The van der Waals surface area contributed by atoms with Crippen LogP contribution < -0.4 is 5.32 Å². The third-order valence-electron chi connectivity index (χ3n) is 4.02. The summed E-state index contributed by atoms with van der Waals surface area (Å²) in [5.74, 6) is -0.446. The van der Waals surface area contributed by atoms with E-state index in [4.69, 9.17) is 37.4 Å². The molecule has 0 spiro atoms. The van der Waals surface area contributed by atoms with Crippen LogP contribution in [-0.4, -0.2) is 62.0 Å². The van der Waals surface area contributed by atoms with Crippen LogP contribution >= 0.6 is 23.2 Å². The monoisotopic (exact) mass is 387 g/mol. The second-order valence-corrected chi connectivity index (χ2v) is 6.89. The Morgan fingerprint density at radius 1 is 1.16 bits per heavy atom. The summed E-state index contributed by atoms with van der Waals surface area (Å²) in [7, 11) is 0. The molecule has 2 aliphatic rings. The molecule has 0 saturated carbocycles. The lowest BCUT2D eigenvalue weighted by Gasteiger charge is -2.24. The molecule has 2 fully saturated rings. The van der Waals surface area contributed by atoms with Crippen LogP contribution in [0.4, 0.5) is 5.82 Å². The number of aliphatic hydroxyl groups is 1. The average Bonchev–Trinajstić information content (AvgIpc) is 3.02. The molecule has 2 aromatic rings. The summed E-state index contributed by atoms with van der Waals surface area (Å²) in [6, 6.07) is 0. The van der Waals surface area contributed by atoms with Crippen molar-refractivity contribution in [3.63, 3.8) is 0 Å². The van der Waals surface area contributed by atoms with E-state index in [1.165, 1.54) is 6.33 Å². The highest BCUT2D eigenvalue weighted by Gasteiger charge is 2.55. The Morgan fingerprint density at radius 3 is 2.68 bits per heavy atom. The van der Waals surface area contributed by atoms with Crippen molar-refractivity contribution in [2.24, 2.45) is 0 Å². The lowest BCUT2D eigenvalue weighted by molar-refractivity contribution is -0.187. The molecule has 2 saturated heterocycles. The predicted molar refractivity (Wildman–Crippen MR) is 88.3 cm³/mol. The molecule has 9 nitrogen and oxygen atoms in total. The van der Waals surface area contributed by atoms with Gasteiger partial charge in [-0.2, -0.15) is 4.98 Å². The van der Waals surface area contributed by atoms with Crippen LogP contribution in [0.25, 0.3) is 11.0 Å². The highest BCUT2D eigenvalue weighted by atomic mass is 35.5. The number of rotatable bonds is 3. The minimum atomic E-state index is -0.774. The molecule has 0 amide bonds. The van der Waals surface area contributed by atoms with E-state index in [9.17, 15) is 5.11 Å². The summed E-state index contributed by atoms with van der Waals surface area (Å²) in [4.78, 5) is 16.3. The number of aliphatic hydroxyl groups excluding tert-OH is 1. The van der Waals surface area contributed by atoms with Crippen molar-refractivity contribution in [3.05, 3.63) is 16.8 Å². The van der Waals surface area contributed by atoms with Gasteiger partial charge in [0.15, 0.2) is 23.0 Å². The molecule has 2 aliphatic heterocycles. The molecule has 11 heteroatoms. The number of halogens is 2. The van der Waals surface area contributed by atoms with Gasteiger partial charge in [-0.05, 0) is 25.4 Å². The molecule has 4 rings (SSSR count). The van der Waals surface area contributed by atoms with Gasteiger partial charge in [-0.15, -0.1) is 0 Å². The van der Waals surface area contributed by atoms with Crippen LogP contribution in [0.3, 0.4) is 0 Å². The van der Waals surface area contributed by atoms with Crippen molar-refractivity contribution in [2.75, 3.05) is 11.9 Å². The molecule has 0 aromatic carbocycles. The van der Waals surface area contributed by atoms with E-state index >= 15 is 0 Å². The predicted octanol–water partition coefficient (Wildman–Crippen LogP) is 1.38. The van der Waals surface area contributed by atoms with Crippen molar-refractivity contribution in [2.45, 2.75) is 44.2 Å². The Balaban J connectivity index is 1.69. The summed E-state index contributed by atoms with van der Waals surface area (Å²) in [6.07, 6.45) is -0.675. The topological polar surface area (TPSA) is 112 Å². The van der Waals surface area contributed by atoms with Crippen LogP contribution in [0.5, 0.6) is 0 Å². The lowest BCUT2D eigenvalue weighted by Crippen LogP contribution is -2.35. The van der Waals surface area contributed by atoms with E-state index in [1.54, 1.807) is 13.8 Å². The maximum Gasteiger partial charge on any atom is 0.225 e. The summed E-state index contributed by atoms with van der Waals surface area (Å²) < 4.78 is 17.5. The standard InChI is InChI=1S/C14H15Cl2N5O4/c1-14(2)24-8-5(3-22)23-12(9(8)25-14)20-11-7-6(19-13(16)21-11)10(15)18-4-17-7/h4-5,8-9,12,22H,3H2,1-2H3,(H,19,20,21)/t5-,8-,9-,12?/m1/s1. The first-order chi connectivity index (χ1) is 11.9. The van der Waals surface area contributed by atoms with Gasteiger partial charge in [0.25, 0.3) is 0 Å². The van der Waals surface area contributed by atoms with Crippen LogP contribution in [0.1, 0.15) is 13.8 Å². The highest BCUT2D eigenvalue weighted by molar-refractivity contribution is 6.34. The Morgan fingerprint density at radius 2 is 1.92 bits per heavy atom. The van der Waals surface area contributed by atoms with E-state index in [0.717, 1.165) is 0 Å². The SMILES string of the molecule is CC1(C)O[C@@H]2[C@@H](CO)OC(Nc3nc(Cl)nc4c(Cl)ncnc34)[C@@H]2O1. The van der Waals surface area contributed by atoms with Crippen LogP contribution in [-0.2, 0) is 14.2 Å². The molecule has 0 bridgehead atoms. The summed E-state index contributed by atoms with van der Waals surface area (Å²) >= 11 is 12.0. The molecule has 134 valence electrons. The summed E-state index contributed by atoms with van der Waals surface area (Å²) in [5, 5.41) is 12.8. The molecule has 2 aromatic heterocycles. The van der Waals surface area contributed by atoms with Crippen molar-refractivity contribution in [1.29, 1.82) is 0 Å². The molecular formula is C14H15Cl2N5O4. The fourth-order valence-corrected chi connectivity index (χ4v) is 3.42. The van der Waals surface area contributed by atoms with Gasteiger partial charge < -0.3 is 24.6 Å². The number of aromatic nitrogens is 4. The molecule has 4 heterocycles. The van der Waals surface area contributed by atoms with E-state index in [-0.39, 0.29) is 17.0 Å². The van der Waals surface area contributed by atoms with Crippen LogP contribution in [0.2, 0.25) is 10.4 Å². The molecule has 0 aliphatic carbocycles. The van der Waals surface area contributed by atoms with Crippen molar-refractivity contribution < 1.29 is 19.3 Å². The van der Waals surface area contributed by atoms with Gasteiger partial charge in [-0.1, -0.05) is 11.6 Å². The first kappa shape index (κ1) is 17.1. The fourth-order valence-electron chi connectivity index (χ4n) is 3.07. The zero-order valence-electron chi connectivity index (χ0n) is 13.3. The number of nitrogens with one attached hydrogen (secondary N) is 1. The Labute approximate surface area is 152 Å². The van der Waals surface area contributed by atoms with Gasteiger partial charge in [-0.25, -0.2) is 15.0 Å². The number of hydrogen-bond acceptors (Lipinski definition) is 9. The smallest absolute Gasteiger partial charge is 0.225 e. The lowest BCUT2D eigenvalue weighted by atomic mass is 10.1. The number of anilines is 1. The third kappa shape index (κ3) is 3.01. The molecule has 0 radical (unpaired) electrons. The van der Waals surface area contributed by atoms with E-state index < -0.39 is 30.3 Å². The average molecular weight is 388 g/mol. The molecule has 1 unspecified atom stereocenters. The first-order valence-corrected chi connectivity index (χ1v) is 8.36. The van der Waals surface area contributed by atoms with Gasteiger partial charge in [0.1, 0.15) is 35.7 Å². The van der Waals surface area contributed by atoms with E-state index in [2.05, 4.69) is 25.3 Å². The minimum Gasteiger partial charge on any atom is -0.394 e. The quantitative estimate of drug-likeness (QED) is 0.595. The van der Waals surface area contributed by atoms with Crippen LogP contribution in [0, 0.1) is 0 Å². The number of ether oxygens (including phenoxy) is 3. The molecular weight excluding hydrogens is 373 g/mol. The Bertz CT molecular complexity index is 823. The first-order valence-electron chi connectivity index (χ1n) is 7.60. The second kappa shape index (κ2) is 6.11. The highest BCUT2D eigenvalue weighted by Crippen LogP contribution is 2.39. The van der Waals surface area contributed by atoms with Gasteiger partial charge in [0, 0.05) is 0 Å². The summed E-state index contributed by atoms with van der Waals surface area (Å²) in [6.45, 7) is 3.42. The maximum atomic E-state index is 9.55. The van der Waals surface area contributed by atoms with Crippen molar-refractivity contribution >= 4 is 40.1 Å². The van der Waals surface area contributed by atoms with Crippen molar-refractivity contribution in [1.82, 2.24) is 19.9 Å². The Hall–Kier alpha value is -1.36. The van der Waals surface area contributed by atoms with Crippen molar-refractivity contribution in [3.8, 4) is 0 Å². The zero-order valence-corrected chi connectivity index (χ0v) is 14.8. The van der Waals surface area contributed by atoms with E-state index in [0.29, 0.717) is 16.9 Å². The molecule has 25 heavy (non-hydrogen) atoms. The van der Waals surface area contributed by atoms with Gasteiger partial charge in [0.05, 0.1) is 6.61 Å². The maximum absolute atomic E-state index is 9.55. The van der Waals surface area contributed by atoms with Gasteiger partial charge >= 0.3 is 0 Å². The third-order valence-corrected chi connectivity index (χ3v) is 4.46. The number of hydrogen-bond donors (Lipinski definition) is 2. The van der Waals surface area contributed by atoms with Crippen LogP contribution in [0.15, 0.2) is 6.33 Å². The zero-order chi connectivity index (χ0) is 17.8. The number of nitrogens with zero attached hydrogens (tertiary/aromatic N) is 4. The van der Waals surface area contributed by atoms with Gasteiger partial charge in [-0.3, -0.25) is 0 Å². The fraction of sp³-hybridized carbons (Fsp3) is 0.571. The number of fused-ring (bicyclic) bond motifs is 2. The largest absolute Gasteiger partial charge is 0.394 e.